The molecule has 0 radical (unpaired) electrons. The molecule has 0 bridgehead atoms. The Kier molecular flexibility index (Phi) is 431. The van der Waals surface area contributed by atoms with Crippen molar-refractivity contribution in [3.63, 3.8) is 0 Å². The fourth-order valence-corrected chi connectivity index (χ4v) is 0. The molecule has 11 N–H and O–H groups in total. The van der Waals surface area contributed by atoms with Gasteiger partial charge >= 0.3 is 7.32 Å². The maximum atomic E-state index is 7.17. The van der Waals surface area contributed by atoms with E-state index >= 15 is 0 Å². The quantitative estimate of drug-likeness (QED) is 0.364. The first-order valence-electron chi connectivity index (χ1n) is 0.775. The Hall–Kier alpha value is 1.72. The van der Waals surface area contributed by atoms with Crippen LogP contribution < -0.4 is 0 Å². The molecule has 11 heteroatoms. The van der Waals surface area contributed by atoms with Crippen molar-refractivity contribution in [2.75, 3.05) is 0 Å². The number of rotatable bonds is 0. The first-order valence-corrected chi connectivity index (χ1v) is 0.775. The van der Waals surface area contributed by atoms with E-state index in [1.54, 1.807) is 0 Å². The van der Waals surface area contributed by atoms with Crippen LogP contribution in [0.3, 0.4) is 0 Å². The van der Waals surface area contributed by atoms with Gasteiger partial charge in [-0.2, -0.15) is 0 Å². The molecule has 0 rings (SSSR count). The van der Waals surface area contributed by atoms with Crippen LogP contribution in [0.1, 0.15) is 0 Å². The van der Waals surface area contributed by atoms with Gasteiger partial charge in [-0.3, -0.25) is 0 Å². The molecule has 0 amide bonds. The molecule has 0 aromatic heterocycles. The van der Waals surface area contributed by atoms with Gasteiger partial charge in [-0.1, -0.05) is 0 Å². The Balaban J connectivity index is -0.00000000214. The maximum Gasteiger partial charge on any atom is 0.631 e. The molecule has 0 unspecified atom stereocenters. The van der Waals surface area contributed by atoms with Crippen molar-refractivity contribution in [3.8, 4) is 0 Å². The van der Waals surface area contributed by atoms with E-state index in [0.717, 1.165) is 0 Å². The summed E-state index contributed by atoms with van der Waals surface area (Å²) in [5, 5.41) is 21.5. The summed E-state index contributed by atoms with van der Waals surface area (Å²) in [7, 11) is -2.17. The molecule has 0 atom stereocenters. The smallest absolute Gasteiger partial charge is 0.412 e. The number of hydrogen-bond acceptors (Lipinski definition) is 3. The van der Waals surface area contributed by atoms with E-state index in [2.05, 4.69) is 0 Å². The number of hydrogen-bond donors (Lipinski definition) is 3. The molecule has 0 saturated heterocycles. The average molecular weight is 361 g/mol. The fraction of sp³-hybridized carbons (Fsp3) is 0. The van der Waals surface area contributed by atoms with Gasteiger partial charge in [-0.05, 0) is 0 Å². The van der Waals surface area contributed by atoms with Crippen LogP contribution in [-0.4, -0.2) is 44.3 Å². The molecule has 66 valence electrons. The Morgan fingerprint density at radius 2 is 0.636 bits per heavy atom. The molecule has 0 aliphatic carbocycles. The molecular formula is H11BMoO7Zn2. The predicted molar refractivity (Wildman–Crippen MR) is 26.9 cm³/mol. The Morgan fingerprint density at radius 3 is 0.636 bits per heavy atom. The van der Waals surface area contributed by atoms with Gasteiger partial charge < -0.3 is 37.0 Å². The molecular weight excluding hydrogens is 350 g/mol. The van der Waals surface area contributed by atoms with Crippen LogP contribution in [0.5, 0.6) is 0 Å². The van der Waals surface area contributed by atoms with Gasteiger partial charge in [0.2, 0.25) is 0 Å². The summed E-state index contributed by atoms with van der Waals surface area (Å²) in [5.41, 5.74) is 0. The third kappa shape index (κ3) is 374. The zero-order chi connectivity index (χ0) is 3.58. The standard InChI is InChI=1S/BH3O3.Mo.4H2O.2Zn/c2-1(3)4;;;;;;;/h2-4H;;4*1H2;;. The van der Waals surface area contributed by atoms with Gasteiger partial charge in [0.1, 0.15) is 0 Å². The van der Waals surface area contributed by atoms with Crippen LogP contribution in [-0.2, 0) is 60.0 Å². The van der Waals surface area contributed by atoms with E-state index in [0.29, 0.717) is 0 Å². The minimum atomic E-state index is -2.17. The zero-order valence-electron chi connectivity index (χ0n) is 5.74. The van der Waals surface area contributed by atoms with Crippen molar-refractivity contribution in [1.29, 1.82) is 0 Å². The first kappa shape index (κ1) is 78.4. The largest absolute Gasteiger partial charge is 0.631 e. The van der Waals surface area contributed by atoms with Crippen molar-refractivity contribution in [2.24, 2.45) is 0 Å². The zero-order valence-corrected chi connectivity index (χ0v) is 13.7. The van der Waals surface area contributed by atoms with Crippen molar-refractivity contribution < 1.29 is 97.0 Å². The topological polar surface area (TPSA) is 187 Å². The molecule has 0 heterocycles. The molecule has 0 saturated carbocycles. The third-order valence-electron chi connectivity index (χ3n) is 0. The van der Waals surface area contributed by atoms with Gasteiger partial charge in [0.15, 0.2) is 0 Å². The molecule has 0 fully saturated rings. The van der Waals surface area contributed by atoms with Gasteiger partial charge in [-0.25, -0.2) is 0 Å². The Morgan fingerprint density at radius 1 is 0.636 bits per heavy atom. The summed E-state index contributed by atoms with van der Waals surface area (Å²) in [4.78, 5) is 0. The Bertz CT molecular complexity index is 21.2. The molecule has 0 spiro atoms. The van der Waals surface area contributed by atoms with E-state index in [9.17, 15) is 0 Å². The maximum absolute atomic E-state index is 7.17. The van der Waals surface area contributed by atoms with E-state index in [1.807, 2.05) is 0 Å². The van der Waals surface area contributed by atoms with E-state index in [1.165, 1.54) is 0 Å². The van der Waals surface area contributed by atoms with Crippen LogP contribution >= 0.6 is 0 Å². The molecule has 0 aromatic carbocycles. The van der Waals surface area contributed by atoms with Crippen LogP contribution in [0, 0.1) is 0 Å². The third-order valence-corrected chi connectivity index (χ3v) is 0. The molecule has 0 aromatic rings. The predicted octanol–water partition coefficient (Wildman–Crippen LogP) is -5.36. The van der Waals surface area contributed by atoms with Gasteiger partial charge in [0, 0.05) is 60.0 Å². The van der Waals surface area contributed by atoms with Crippen LogP contribution in [0.4, 0.5) is 0 Å². The van der Waals surface area contributed by atoms with Crippen LogP contribution in [0.25, 0.3) is 0 Å². The fourth-order valence-electron chi connectivity index (χ4n) is 0. The van der Waals surface area contributed by atoms with E-state index in [-0.39, 0.29) is 81.9 Å². The second kappa shape index (κ2) is 60.5. The minimum absolute atomic E-state index is 0. The van der Waals surface area contributed by atoms with Crippen molar-refractivity contribution in [1.82, 2.24) is 0 Å². The normalized spacial score (nSPS) is 2.45. The summed E-state index contributed by atoms with van der Waals surface area (Å²) in [5.74, 6) is 0. The molecule has 7 nitrogen and oxygen atoms in total. The average Bonchev–Trinajstić information content (AvgIpc) is 0.811. The van der Waals surface area contributed by atoms with Crippen LogP contribution in [0.2, 0.25) is 0 Å². The van der Waals surface area contributed by atoms with Crippen molar-refractivity contribution >= 4 is 7.32 Å². The monoisotopic (exact) mass is 360 g/mol. The molecule has 11 heavy (non-hydrogen) atoms. The Labute approximate surface area is 104 Å². The van der Waals surface area contributed by atoms with Gasteiger partial charge in [-0.15, -0.1) is 0 Å². The minimum Gasteiger partial charge on any atom is -0.412 e. The van der Waals surface area contributed by atoms with E-state index < -0.39 is 7.32 Å². The summed E-state index contributed by atoms with van der Waals surface area (Å²) >= 11 is 0. The van der Waals surface area contributed by atoms with E-state index in [4.69, 9.17) is 15.1 Å². The summed E-state index contributed by atoms with van der Waals surface area (Å²) in [6, 6.07) is 0. The molecule has 0 aliphatic heterocycles. The van der Waals surface area contributed by atoms with Gasteiger partial charge in [0.25, 0.3) is 0 Å². The van der Waals surface area contributed by atoms with Crippen molar-refractivity contribution in [3.05, 3.63) is 0 Å². The van der Waals surface area contributed by atoms with Gasteiger partial charge in [0.05, 0.1) is 0 Å². The summed E-state index contributed by atoms with van der Waals surface area (Å²) < 4.78 is 0. The van der Waals surface area contributed by atoms with Crippen molar-refractivity contribution in [2.45, 2.75) is 0 Å². The van der Waals surface area contributed by atoms with Crippen LogP contribution in [0.15, 0.2) is 0 Å². The summed E-state index contributed by atoms with van der Waals surface area (Å²) in [6.45, 7) is 0. The molecule has 0 aliphatic rings. The summed E-state index contributed by atoms with van der Waals surface area (Å²) in [6.07, 6.45) is 0. The second-order valence-corrected chi connectivity index (χ2v) is 0.346. The SMILES string of the molecule is O.O.O.O.OB(O)O.[Mo].[Zn].[Zn]. The first-order chi connectivity index (χ1) is 1.73. The second-order valence-electron chi connectivity index (χ2n) is 0.346.